The fourth-order valence-electron chi connectivity index (χ4n) is 1.47. The van der Waals surface area contributed by atoms with Crippen molar-refractivity contribution in [1.29, 1.82) is 0 Å². The molecule has 5 heteroatoms. The van der Waals surface area contributed by atoms with Gasteiger partial charge in [0.1, 0.15) is 6.10 Å². The lowest BCUT2D eigenvalue weighted by molar-refractivity contribution is -0.109. The minimum Gasteiger partial charge on any atom is -0.389 e. The van der Waals surface area contributed by atoms with Crippen molar-refractivity contribution in [1.82, 2.24) is 0 Å². The standard InChI is InChI=1S/C12H15BrO3S/c1-7-5-9(13)3-4-10(7)12(16)11(15)6-17-8(2)14/h3-5,11-12,15-16H,6H2,1-2H3. The van der Waals surface area contributed by atoms with Gasteiger partial charge in [-0.3, -0.25) is 4.79 Å². The molecule has 17 heavy (non-hydrogen) atoms. The van der Waals surface area contributed by atoms with Crippen LogP contribution in [0, 0.1) is 6.92 Å². The molecule has 0 fully saturated rings. The molecule has 1 rings (SSSR count). The van der Waals surface area contributed by atoms with Crippen LogP contribution in [0.1, 0.15) is 24.2 Å². The first-order valence-electron chi connectivity index (χ1n) is 5.17. The van der Waals surface area contributed by atoms with E-state index >= 15 is 0 Å². The fraction of sp³-hybridized carbons (Fsp3) is 0.417. The normalized spacial score (nSPS) is 14.4. The summed E-state index contributed by atoms with van der Waals surface area (Å²) in [4.78, 5) is 10.8. The van der Waals surface area contributed by atoms with Crippen LogP contribution < -0.4 is 0 Å². The number of carbonyl (C=O) groups excluding carboxylic acids is 1. The molecule has 0 amide bonds. The molecule has 2 atom stereocenters. The minimum absolute atomic E-state index is 0.0659. The van der Waals surface area contributed by atoms with E-state index in [1.165, 1.54) is 6.92 Å². The van der Waals surface area contributed by atoms with Crippen molar-refractivity contribution in [3.63, 3.8) is 0 Å². The van der Waals surface area contributed by atoms with E-state index in [0.717, 1.165) is 21.8 Å². The maximum Gasteiger partial charge on any atom is 0.185 e. The summed E-state index contributed by atoms with van der Waals surface area (Å²) in [6.45, 7) is 3.31. The Morgan fingerprint density at radius 2 is 2.12 bits per heavy atom. The summed E-state index contributed by atoms with van der Waals surface area (Å²) in [6, 6.07) is 5.46. The molecule has 2 unspecified atom stereocenters. The van der Waals surface area contributed by atoms with E-state index in [1.807, 2.05) is 19.1 Å². The molecule has 0 aliphatic heterocycles. The predicted molar refractivity (Wildman–Crippen MR) is 73.0 cm³/mol. The number of benzene rings is 1. The number of rotatable bonds is 4. The fourth-order valence-corrected chi connectivity index (χ4v) is 2.54. The predicted octanol–water partition coefficient (Wildman–Crippen LogP) is 2.43. The number of thioether (sulfide) groups is 1. The smallest absolute Gasteiger partial charge is 0.185 e. The van der Waals surface area contributed by atoms with Crippen molar-refractivity contribution in [3.8, 4) is 0 Å². The molecule has 2 N–H and O–H groups in total. The molecule has 0 saturated carbocycles. The Morgan fingerprint density at radius 1 is 1.47 bits per heavy atom. The molecule has 1 aromatic carbocycles. The van der Waals surface area contributed by atoms with Gasteiger partial charge < -0.3 is 10.2 Å². The molecule has 3 nitrogen and oxygen atoms in total. The topological polar surface area (TPSA) is 57.5 Å². The van der Waals surface area contributed by atoms with Crippen molar-refractivity contribution in [2.75, 3.05) is 5.75 Å². The molecule has 1 aromatic rings. The van der Waals surface area contributed by atoms with E-state index in [4.69, 9.17) is 0 Å². The molecule has 94 valence electrons. The van der Waals surface area contributed by atoms with Crippen LogP contribution in [0.25, 0.3) is 0 Å². The number of halogens is 1. The third-order valence-corrected chi connectivity index (χ3v) is 3.78. The second kappa shape index (κ2) is 6.54. The largest absolute Gasteiger partial charge is 0.389 e. The van der Waals surface area contributed by atoms with Gasteiger partial charge in [-0.2, -0.15) is 0 Å². The lowest BCUT2D eigenvalue weighted by Crippen LogP contribution is -2.22. The second-order valence-corrected chi connectivity index (χ2v) is 5.93. The Bertz CT molecular complexity index is 409. The number of carbonyl (C=O) groups is 1. The number of hydrogen-bond donors (Lipinski definition) is 2. The van der Waals surface area contributed by atoms with Gasteiger partial charge in [0, 0.05) is 17.1 Å². The SMILES string of the molecule is CC(=O)SCC(O)C(O)c1ccc(Br)cc1C. The van der Waals surface area contributed by atoms with Crippen molar-refractivity contribution in [2.24, 2.45) is 0 Å². The van der Waals surface area contributed by atoms with Crippen LogP contribution in [0.5, 0.6) is 0 Å². The van der Waals surface area contributed by atoms with E-state index in [0.29, 0.717) is 5.56 Å². The number of hydrogen-bond acceptors (Lipinski definition) is 4. The van der Waals surface area contributed by atoms with Crippen molar-refractivity contribution in [2.45, 2.75) is 26.1 Å². The monoisotopic (exact) mass is 318 g/mol. The van der Waals surface area contributed by atoms with Crippen LogP contribution in [0.3, 0.4) is 0 Å². The summed E-state index contributed by atoms with van der Waals surface area (Å²) in [7, 11) is 0. The summed E-state index contributed by atoms with van der Waals surface area (Å²) in [5, 5.41) is 19.7. The van der Waals surface area contributed by atoms with Crippen LogP contribution in [0.2, 0.25) is 0 Å². The molecule has 0 aliphatic rings. The van der Waals surface area contributed by atoms with Gasteiger partial charge in [-0.15, -0.1) is 0 Å². The summed E-state index contributed by atoms with van der Waals surface area (Å²) in [5.74, 6) is 0.200. The van der Waals surface area contributed by atoms with Crippen molar-refractivity contribution < 1.29 is 15.0 Å². The molecule has 0 aromatic heterocycles. The molecular weight excluding hydrogens is 304 g/mol. The molecular formula is C12H15BrO3S. The molecule has 0 aliphatic carbocycles. The zero-order chi connectivity index (χ0) is 13.0. The highest BCUT2D eigenvalue weighted by atomic mass is 79.9. The van der Waals surface area contributed by atoms with Gasteiger partial charge in [0.05, 0.1) is 6.10 Å². The number of aliphatic hydroxyl groups excluding tert-OH is 2. The average Bonchev–Trinajstić information content (AvgIpc) is 2.25. The Labute approximate surface area is 113 Å². The third kappa shape index (κ3) is 4.43. The van der Waals surface area contributed by atoms with Gasteiger partial charge in [-0.25, -0.2) is 0 Å². The second-order valence-electron chi connectivity index (χ2n) is 3.82. The molecule has 0 saturated heterocycles. The van der Waals surface area contributed by atoms with Crippen LogP contribution in [0.15, 0.2) is 22.7 Å². The van der Waals surface area contributed by atoms with Crippen LogP contribution in [-0.4, -0.2) is 27.2 Å². The van der Waals surface area contributed by atoms with Gasteiger partial charge in [-0.05, 0) is 30.2 Å². The van der Waals surface area contributed by atoms with Gasteiger partial charge in [0.2, 0.25) is 0 Å². The van der Waals surface area contributed by atoms with Crippen molar-refractivity contribution in [3.05, 3.63) is 33.8 Å². The summed E-state index contributed by atoms with van der Waals surface area (Å²) < 4.78 is 0.929. The van der Waals surface area contributed by atoms with Gasteiger partial charge >= 0.3 is 0 Å². The summed E-state index contributed by atoms with van der Waals surface area (Å²) >= 11 is 4.35. The van der Waals surface area contributed by atoms with Crippen LogP contribution in [0.4, 0.5) is 0 Å². The lowest BCUT2D eigenvalue weighted by atomic mass is 10.0. The average molecular weight is 319 g/mol. The summed E-state index contributed by atoms with van der Waals surface area (Å²) in [5.41, 5.74) is 1.59. The number of aryl methyl sites for hydroxylation is 1. The van der Waals surface area contributed by atoms with E-state index in [1.54, 1.807) is 6.07 Å². The maximum absolute atomic E-state index is 10.8. The number of aliphatic hydroxyl groups is 2. The molecule has 0 heterocycles. The van der Waals surface area contributed by atoms with Crippen LogP contribution >= 0.6 is 27.7 Å². The van der Waals surface area contributed by atoms with Crippen molar-refractivity contribution >= 4 is 32.8 Å². The summed E-state index contributed by atoms with van der Waals surface area (Å²) in [6.07, 6.45) is -1.90. The zero-order valence-electron chi connectivity index (χ0n) is 9.68. The first kappa shape index (κ1) is 14.7. The Kier molecular flexibility index (Phi) is 5.66. The maximum atomic E-state index is 10.8. The first-order valence-corrected chi connectivity index (χ1v) is 6.95. The zero-order valence-corrected chi connectivity index (χ0v) is 12.1. The van der Waals surface area contributed by atoms with E-state index in [-0.39, 0.29) is 10.9 Å². The van der Waals surface area contributed by atoms with E-state index in [9.17, 15) is 15.0 Å². The van der Waals surface area contributed by atoms with Gasteiger partial charge in [0.15, 0.2) is 5.12 Å². The highest BCUT2D eigenvalue weighted by molar-refractivity contribution is 9.10. The van der Waals surface area contributed by atoms with E-state index < -0.39 is 12.2 Å². The van der Waals surface area contributed by atoms with E-state index in [2.05, 4.69) is 15.9 Å². The first-order chi connectivity index (χ1) is 7.91. The molecule has 0 spiro atoms. The highest BCUT2D eigenvalue weighted by Crippen LogP contribution is 2.25. The highest BCUT2D eigenvalue weighted by Gasteiger charge is 2.20. The van der Waals surface area contributed by atoms with Gasteiger partial charge in [0.25, 0.3) is 0 Å². The third-order valence-electron chi connectivity index (χ3n) is 2.37. The van der Waals surface area contributed by atoms with Crippen LogP contribution in [-0.2, 0) is 4.79 Å². The Balaban J connectivity index is 2.74. The Morgan fingerprint density at radius 3 is 2.65 bits per heavy atom. The lowest BCUT2D eigenvalue weighted by Gasteiger charge is -2.19. The molecule has 0 radical (unpaired) electrons. The Hall–Kier alpha value is -0.360. The minimum atomic E-state index is -0.963. The van der Waals surface area contributed by atoms with Gasteiger partial charge in [-0.1, -0.05) is 33.8 Å². The molecule has 0 bridgehead atoms. The quantitative estimate of drug-likeness (QED) is 0.895.